The van der Waals surface area contributed by atoms with Crippen LogP contribution in [0.15, 0.2) is 18.2 Å². The van der Waals surface area contributed by atoms with Gasteiger partial charge in [0.1, 0.15) is 0 Å². The van der Waals surface area contributed by atoms with Gasteiger partial charge in [-0.1, -0.05) is 31.4 Å². The lowest BCUT2D eigenvalue weighted by Gasteiger charge is -2.22. The lowest BCUT2D eigenvalue weighted by atomic mass is 9.90. The Morgan fingerprint density at radius 1 is 1.25 bits per heavy atom. The van der Waals surface area contributed by atoms with Crippen LogP contribution in [0.5, 0.6) is 0 Å². The standard InChI is InChI=1S/C17H23NO2/c19-17(20-12-13-5-2-1-3-6-13)16-8-4-7-14-11-18-10-9-15(14)16/h4,7-8,13,18H,1-3,5-6,9-12H2. The Balaban J connectivity index is 1.64. The van der Waals surface area contributed by atoms with Gasteiger partial charge in [0.05, 0.1) is 12.2 Å². The van der Waals surface area contributed by atoms with E-state index in [0.29, 0.717) is 12.5 Å². The molecule has 0 saturated heterocycles. The quantitative estimate of drug-likeness (QED) is 0.860. The van der Waals surface area contributed by atoms with Crippen molar-refractivity contribution < 1.29 is 9.53 Å². The van der Waals surface area contributed by atoms with Crippen molar-refractivity contribution in [1.29, 1.82) is 0 Å². The maximum Gasteiger partial charge on any atom is 0.338 e. The number of esters is 1. The van der Waals surface area contributed by atoms with Gasteiger partial charge in [-0.25, -0.2) is 4.79 Å². The summed E-state index contributed by atoms with van der Waals surface area (Å²) in [6.07, 6.45) is 7.26. The number of carbonyl (C=O) groups is 1. The Morgan fingerprint density at radius 3 is 2.95 bits per heavy atom. The molecule has 1 heterocycles. The van der Waals surface area contributed by atoms with Crippen molar-refractivity contribution in [1.82, 2.24) is 5.32 Å². The number of rotatable bonds is 3. The predicted octanol–water partition coefficient (Wildman–Crippen LogP) is 3.07. The highest BCUT2D eigenvalue weighted by Gasteiger charge is 2.20. The number of benzene rings is 1. The lowest BCUT2D eigenvalue weighted by molar-refractivity contribution is 0.0408. The largest absolute Gasteiger partial charge is 0.462 e. The minimum absolute atomic E-state index is 0.130. The van der Waals surface area contributed by atoms with E-state index in [0.717, 1.165) is 25.1 Å². The van der Waals surface area contributed by atoms with Crippen LogP contribution in [-0.4, -0.2) is 19.1 Å². The molecule has 3 rings (SSSR count). The number of hydrogen-bond donors (Lipinski definition) is 1. The average molecular weight is 273 g/mol. The minimum atomic E-state index is -0.130. The number of hydrogen-bond acceptors (Lipinski definition) is 3. The smallest absolute Gasteiger partial charge is 0.338 e. The van der Waals surface area contributed by atoms with Crippen molar-refractivity contribution in [2.75, 3.05) is 13.2 Å². The third-order valence-corrected chi connectivity index (χ3v) is 4.54. The molecular formula is C17H23NO2. The molecule has 108 valence electrons. The van der Waals surface area contributed by atoms with Gasteiger partial charge >= 0.3 is 5.97 Å². The van der Waals surface area contributed by atoms with Crippen molar-refractivity contribution in [3.63, 3.8) is 0 Å². The number of carbonyl (C=O) groups excluding carboxylic acids is 1. The van der Waals surface area contributed by atoms with E-state index < -0.39 is 0 Å². The van der Waals surface area contributed by atoms with Crippen LogP contribution in [0.4, 0.5) is 0 Å². The Labute approximate surface area is 120 Å². The summed E-state index contributed by atoms with van der Waals surface area (Å²) in [5.74, 6) is 0.447. The van der Waals surface area contributed by atoms with E-state index in [1.165, 1.54) is 43.2 Å². The van der Waals surface area contributed by atoms with Gasteiger partial charge in [0, 0.05) is 6.54 Å². The highest BCUT2D eigenvalue weighted by atomic mass is 16.5. The fourth-order valence-corrected chi connectivity index (χ4v) is 3.35. The molecule has 0 unspecified atom stereocenters. The fraction of sp³-hybridized carbons (Fsp3) is 0.588. The third kappa shape index (κ3) is 3.04. The molecule has 1 aromatic carbocycles. The van der Waals surface area contributed by atoms with Crippen LogP contribution in [0.3, 0.4) is 0 Å². The van der Waals surface area contributed by atoms with Crippen LogP contribution in [-0.2, 0) is 17.7 Å². The molecule has 0 atom stereocenters. The highest BCUT2D eigenvalue weighted by Crippen LogP contribution is 2.25. The van der Waals surface area contributed by atoms with Gasteiger partial charge in [0.25, 0.3) is 0 Å². The van der Waals surface area contributed by atoms with Gasteiger partial charge in [0.15, 0.2) is 0 Å². The summed E-state index contributed by atoms with van der Waals surface area (Å²) in [4.78, 5) is 12.3. The second kappa shape index (κ2) is 6.40. The number of ether oxygens (including phenoxy) is 1. The van der Waals surface area contributed by atoms with Crippen molar-refractivity contribution in [2.24, 2.45) is 5.92 Å². The molecular weight excluding hydrogens is 250 g/mol. The maximum absolute atomic E-state index is 12.3. The summed E-state index contributed by atoms with van der Waals surface area (Å²) in [6, 6.07) is 5.97. The summed E-state index contributed by atoms with van der Waals surface area (Å²) in [5, 5.41) is 3.34. The second-order valence-electron chi connectivity index (χ2n) is 5.97. The lowest BCUT2D eigenvalue weighted by Crippen LogP contribution is -2.26. The fourth-order valence-electron chi connectivity index (χ4n) is 3.35. The molecule has 0 bridgehead atoms. The number of nitrogens with one attached hydrogen (secondary N) is 1. The first-order valence-electron chi connectivity index (χ1n) is 7.83. The molecule has 1 aliphatic carbocycles. The topological polar surface area (TPSA) is 38.3 Å². The molecule has 1 aliphatic heterocycles. The van der Waals surface area contributed by atoms with E-state index in [2.05, 4.69) is 11.4 Å². The first kappa shape index (κ1) is 13.6. The van der Waals surface area contributed by atoms with Gasteiger partial charge in [-0.3, -0.25) is 0 Å². The van der Waals surface area contributed by atoms with E-state index in [1.54, 1.807) is 0 Å². The zero-order chi connectivity index (χ0) is 13.8. The van der Waals surface area contributed by atoms with E-state index in [1.807, 2.05) is 12.1 Å². The molecule has 0 radical (unpaired) electrons. The molecule has 1 aromatic rings. The van der Waals surface area contributed by atoms with Crippen LogP contribution < -0.4 is 5.32 Å². The van der Waals surface area contributed by atoms with Gasteiger partial charge in [0.2, 0.25) is 0 Å². The summed E-state index contributed by atoms with van der Waals surface area (Å²) in [6.45, 7) is 2.40. The molecule has 0 spiro atoms. The van der Waals surface area contributed by atoms with Crippen LogP contribution in [0.2, 0.25) is 0 Å². The molecule has 20 heavy (non-hydrogen) atoms. The summed E-state index contributed by atoms with van der Waals surface area (Å²) in [7, 11) is 0. The molecule has 3 heteroatoms. The Morgan fingerprint density at radius 2 is 2.10 bits per heavy atom. The highest BCUT2D eigenvalue weighted by molar-refractivity contribution is 5.91. The minimum Gasteiger partial charge on any atom is -0.462 e. The van der Waals surface area contributed by atoms with Crippen LogP contribution in [0.1, 0.15) is 53.6 Å². The summed E-state index contributed by atoms with van der Waals surface area (Å²) >= 11 is 0. The van der Waals surface area contributed by atoms with Gasteiger partial charge < -0.3 is 10.1 Å². The molecule has 2 aliphatic rings. The average Bonchev–Trinajstić information content (AvgIpc) is 2.53. The van der Waals surface area contributed by atoms with Crippen LogP contribution in [0, 0.1) is 5.92 Å². The predicted molar refractivity (Wildman–Crippen MR) is 78.7 cm³/mol. The van der Waals surface area contributed by atoms with Gasteiger partial charge in [-0.2, -0.15) is 0 Å². The van der Waals surface area contributed by atoms with Crippen molar-refractivity contribution in [3.8, 4) is 0 Å². The number of fused-ring (bicyclic) bond motifs is 1. The van der Waals surface area contributed by atoms with E-state index in [9.17, 15) is 4.79 Å². The van der Waals surface area contributed by atoms with Crippen molar-refractivity contribution in [3.05, 3.63) is 34.9 Å². The van der Waals surface area contributed by atoms with Crippen LogP contribution >= 0.6 is 0 Å². The van der Waals surface area contributed by atoms with Crippen molar-refractivity contribution >= 4 is 5.97 Å². The van der Waals surface area contributed by atoms with E-state index >= 15 is 0 Å². The zero-order valence-electron chi connectivity index (χ0n) is 12.0. The Kier molecular flexibility index (Phi) is 4.36. The van der Waals surface area contributed by atoms with Gasteiger partial charge in [-0.05, 0) is 48.9 Å². The molecule has 1 fully saturated rings. The van der Waals surface area contributed by atoms with E-state index in [4.69, 9.17) is 4.74 Å². The molecule has 1 saturated carbocycles. The maximum atomic E-state index is 12.3. The molecule has 0 amide bonds. The summed E-state index contributed by atoms with van der Waals surface area (Å²) in [5.41, 5.74) is 3.20. The van der Waals surface area contributed by atoms with Gasteiger partial charge in [-0.15, -0.1) is 0 Å². The third-order valence-electron chi connectivity index (χ3n) is 4.54. The molecule has 3 nitrogen and oxygen atoms in total. The molecule has 0 aromatic heterocycles. The first-order chi connectivity index (χ1) is 9.84. The Hall–Kier alpha value is -1.35. The summed E-state index contributed by atoms with van der Waals surface area (Å²) < 4.78 is 5.57. The van der Waals surface area contributed by atoms with E-state index in [-0.39, 0.29) is 5.97 Å². The van der Waals surface area contributed by atoms with Crippen molar-refractivity contribution in [2.45, 2.75) is 45.1 Å². The SMILES string of the molecule is O=C(OCC1CCCCC1)c1cccc2c1CCNC2. The first-order valence-corrected chi connectivity index (χ1v) is 7.83. The molecule has 1 N–H and O–H groups in total. The second-order valence-corrected chi connectivity index (χ2v) is 5.97. The zero-order valence-corrected chi connectivity index (χ0v) is 12.0. The van der Waals surface area contributed by atoms with Crippen LogP contribution in [0.25, 0.3) is 0 Å². The normalized spacial score (nSPS) is 19.4. The Bertz CT molecular complexity index is 478. The monoisotopic (exact) mass is 273 g/mol.